The first-order chi connectivity index (χ1) is 13.7. The summed E-state index contributed by atoms with van der Waals surface area (Å²) < 4.78 is 1.55. The molecule has 3 aromatic rings. The van der Waals surface area contributed by atoms with Crippen molar-refractivity contribution in [2.45, 2.75) is 43.7 Å². The summed E-state index contributed by atoms with van der Waals surface area (Å²) in [6.07, 6.45) is 6.32. The van der Waals surface area contributed by atoms with Crippen molar-refractivity contribution in [1.82, 2.24) is 24.9 Å². The number of likely N-dealkylation sites (tertiary alicyclic amines) is 1. The normalized spacial score (nSPS) is 27.5. The Kier molecular flexibility index (Phi) is 4.12. The van der Waals surface area contributed by atoms with E-state index in [-0.39, 0.29) is 17.9 Å². The molecule has 2 aromatic heterocycles. The standard InChI is InChI=1S/C21H23N5O2/c27-20(15-10-12-26-19(14-15)22-23-24-26)25-13-11-21(28,16-6-2-1-3-7-16)17-8-4-5-9-18(17)25/h1-3,6-7,10,12,14,17-18,28H,4-5,8-9,11,13H2/t17-,18-,21+/m0/s1. The van der Waals surface area contributed by atoms with Gasteiger partial charge in [-0.1, -0.05) is 43.2 Å². The maximum Gasteiger partial charge on any atom is 0.254 e. The first-order valence-electron chi connectivity index (χ1n) is 9.93. The molecule has 7 nitrogen and oxygen atoms in total. The van der Waals surface area contributed by atoms with Crippen LogP contribution in [0.1, 0.15) is 48.0 Å². The third-order valence-electron chi connectivity index (χ3n) is 6.46. The van der Waals surface area contributed by atoms with Crippen molar-refractivity contribution in [2.75, 3.05) is 6.54 Å². The molecule has 0 unspecified atom stereocenters. The summed E-state index contributed by atoms with van der Waals surface area (Å²) in [5.74, 6) is 0.0531. The fourth-order valence-corrected chi connectivity index (χ4v) is 5.06. The predicted molar refractivity (Wildman–Crippen MR) is 103 cm³/mol. The van der Waals surface area contributed by atoms with Gasteiger partial charge in [0.15, 0.2) is 5.65 Å². The number of amides is 1. The predicted octanol–water partition coefficient (Wildman–Crippen LogP) is 2.42. The Morgan fingerprint density at radius 1 is 1.14 bits per heavy atom. The molecular weight excluding hydrogens is 354 g/mol. The van der Waals surface area contributed by atoms with Gasteiger partial charge in [0.05, 0.1) is 5.60 Å². The van der Waals surface area contributed by atoms with Gasteiger partial charge in [-0.25, -0.2) is 4.52 Å². The van der Waals surface area contributed by atoms with E-state index in [1.54, 1.807) is 22.8 Å². The summed E-state index contributed by atoms with van der Waals surface area (Å²) in [7, 11) is 0. The quantitative estimate of drug-likeness (QED) is 0.741. The number of carbonyl (C=O) groups excluding carboxylic acids is 1. The molecule has 0 spiro atoms. The number of fused-ring (bicyclic) bond motifs is 2. The monoisotopic (exact) mass is 377 g/mol. The van der Waals surface area contributed by atoms with Crippen LogP contribution in [-0.4, -0.2) is 48.5 Å². The summed E-state index contributed by atoms with van der Waals surface area (Å²) in [6, 6.07) is 13.5. The number of pyridine rings is 1. The molecule has 0 bridgehead atoms. The highest BCUT2D eigenvalue weighted by Crippen LogP contribution is 2.47. The zero-order chi connectivity index (χ0) is 19.1. The van der Waals surface area contributed by atoms with E-state index in [4.69, 9.17) is 0 Å². The van der Waals surface area contributed by atoms with Crippen LogP contribution >= 0.6 is 0 Å². The van der Waals surface area contributed by atoms with Gasteiger partial charge in [0.25, 0.3) is 5.91 Å². The first-order valence-corrected chi connectivity index (χ1v) is 9.93. The lowest BCUT2D eigenvalue weighted by atomic mass is 9.66. The minimum atomic E-state index is -0.871. The molecule has 1 aliphatic heterocycles. The van der Waals surface area contributed by atoms with Crippen molar-refractivity contribution in [3.05, 3.63) is 59.8 Å². The number of hydrogen-bond acceptors (Lipinski definition) is 5. The highest BCUT2D eigenvalue weighted by molar-refractivity contribution is 5.95. The molecule has 1 saturated carbocycles. The van der Waals surface area contributed by atoms with E-state index in [9.17, 15) is 9.90 Å². The van der Waals surface area contributed by atoms with E-state index in [2.05, 4.69) is 15.5 Å². The van der Waals surface area contributed by atoms with Gasteiger partial charge in [-0.2, -0.15) is 0 Å². The Labute approximate surface area is 163 Å². The fourth-order valence-electron chi connectivity index (χ4n) is 5.06. The Hall–Kier alpha value is -2.80. The lowest BCUT2D eigenvalue weighted by molar-refractivity contribution is -0.110. The maximum atomic E-state index is 13.3. The second-order valence-corrected chi connectivity index (χ2v) is 7.89. The number of tetrazole rings is 1. The molecular formula is C21H23N5O2. The lowest BCUT2D eigenvalue weighted by Gasteiger charge is -2.52. The van der Waals surface area contributed by atoms with E-state index in [0.29, 0.717) is 24.2 Å². The van der Waals surface area contributed by atoms with Gasteiger partial charge in [-0.05, 0) is 47.4 Å². The van der Waals surface area contributed by atoms with Gasteiger partial charge >= 0.3 is 0 Å². The van der Waals surface area contributed by atoms with Gasteiger partial charge in [-0.15, -0.1) is 5.10 Å². The number of carbonyl (C=O) groups is 1. The second kappa shape index (κ2) is 6.67. The number of aromatic nitrogens is 4. The van der Waals surface area contributed by atoms with Crippen LogP contribution in [0, 0.1) is 5.92 Å². The van der Waals surface area contributed by atoms with E-state index >= 15 is 0 Å². The molecule has 2 fully saturated rings. The van der Waals surface area contributed by atoms with Gasteiger partial charge in [-0.3, -0.25) is 4.79 Å². The molecule has 2 aliphatic rings. The van der Waals surface area contributed by atoms with E-state index < -0.39 is 5.60 Å². The zero-order valence-electron chi connectivity index (χ0n) is 15.6. The summed E-state index contributed by atoms with van der Waals surface area (Å²) in [5, 5.41) is 23.1. The van der Waals surface area contributed by atoms with Crippen LogP contribution < -0.4 is 0 Å². The summed E-state index contributed by atoms with van der Waals surface area (Å²) in [4.78, 5) is 15.3. The average molecular weight is 377 g/mol. The van der Waals surface area contributed by atoms with Crippen molar-refractivity contribution >= 4 is 11.6 Å². The topological polar surface area (TPSA) is 83.6 Å². The largest absolute Gasteiger partial charge is 0.385 e. The molecule has 5 rings (SSSR count). The summed E-state index contributed by atoms with van der Waals surface area (Å²) in [6.45, 7) is 0.543. The third kappa shape index (κ3) is 2.69. The van der Waals surface area contributed by atoms with Crippen LogP contribution in [0.5, 0.6) is 0 Å². The Balaban J connectivity index is 1.47. The second-order valence-electron chi connectivity index (χ2n) is 7.89. The zero-order valence-corrected chi connectivity index (χ0v) is 15.6. The van der Waals surface area contributed by atoms with Crippen LogP contribution in [0.2, 0.25) is 0 Å². The van der Waals surface area contributed by atoms with Crippen LogP contribution in [0.25, 0.3) is 5.65 Å². The summed E-state index contributed by atoms with van der Waals surface area (Å²) in [5.41, 5.74) is 1.25. The van der Waals surface area contributed by atoms with E-state index in [1.165, 1.54) is 0 Å². The van der Waals surface area contributed by atoms with Crippen LogP contribution in [0.4, 0.5) is 0 Å². The highest BCUT2D eigenvalue weighted by Gasteiger charge is 2.50. The molecule has 1 amide bonds. The van der Waals surface area contributed by atoms with Crippen molar-refractivity contribution in [1.29, 1.82) is 0 Å². The van der Waals surface area contributed by atoms with Crippen LogP contribution in [0.3, 0.4) is 0 Å². The number of rotatable bonds is 2. The molecule has 1 N–H and O–H groups in total. The van der Waals surface area contributed by atoms with E-state index in [1.807, 2.05) is 35.2 Å². The average Bonchev–Trinajstić information content (AvgIpc) is 3.22. The number of benzene rings is 1. The van der Waals surface area contributed by atoms with Crippen molar-refractivity contribution in [3.63, 3.8) is 0 Å². The van der Waals surface area contributed by atoms with Gasteiger partial charge in [0, 0.05) is 30.3 Å². The van der Waals surface area contributed by atoms with Crippen molar-refractivity contribution in [3.8, 4) is 0 Å². The van der Waals surface area contributed by atoms with Gasteiger partial charge < -0.3 is 10.0 Å². The molecule has 1 saturated heterocycles. The van der Waals surface area contributed by atoms with Gasteiger partial charge in [0.2, 0.25) is 0 Å². The molecule has 0 radical (unpaired) electrons. The van der Waals surface area contributed by atoms with Crippen molar-refractivity contribution < 1.29 is 9.90 Å². The minimum Gasteiger partial charge on any atom is -0.385 e. The molecule has 1 aliphatic carbocycles. The summed E-state index contributed by atoms with van der Waals surface area (Å²) >= 11 is 0. The molecule has 28 heavy (non-hydrogen) atoms. The van der Waals surface area contributed by atoms with E-state index in [0.717, 1.165) is 31.2 Å². The smallest absolute Gasteiger partial charge is 0.254 e. The fraction of sp³-hybridized carbons (Fsp3) is 0.429. The van der Waals surface area contributed by atoms with Gasteiger partial charge in [0.1, 0.15) is 0 Å². The Morgan fingerprint density at radius 3 is 2.82 bits per heavy atom. The Morgan fingerprint density at radius 2 is 1.96 bits per heavy atom. The first kappa shape index (κ1) is 17.3. The maximum absolute atomic E-state index is 13.3. The van der Waals surface area contributed by atoms with Crippen molar-refractivity contribution in [2.24, 2.45) is 5.92 Å². The minimum absolute atomic E-state index is 0.00230. The SMILES string of the molecule is O=C(c1ccn2nnnc2c1)N1CC[C@@](O)(c2ccccc2)[C@H]2CCCC[C@@H]21. The highest BCUT2D eigenvalue weighted by atomic mass is 16.3. The molecule has 1 aromatic carbocycles. The number of nitrogens with zero attached hydrogens (tertiary/aromatic N) is 5. The lowest BCUT2D eigenvalue weighted by Crippen LogP contribution is -2.59. The number of piperidine rings is 1. The number of hydrogen-bond donors (Lipinski definition) is 1. The Bertz CT molecular complexity index is 1000. The molecule has 3 atom stereocenters. The van der Waals surface area contributed by atoms with Crippen LogP contribution in [-0.2, 0) is 5.60 Å². The third-order valence-corrected chi connectivity index (χ3v) is 6.46. The molecule has 144 valence electrons. The molecule has 7 heteroatoms. The number of aliphatic hydroxyl groups is 1. The van der Waals surface area contributed by atoms with Crippen LogP contribution in [0.15, 0.2) is 48.7 Å². The molecule has 3 heterocycles.